The molecule has 0 aromatic carbocycles. The van der Waals surface area contributed by atoms with E-state index in [-0.39, 0.29) is 23.1 Å². The van der Waals surface area contributed by atoms with Crippen LogP contribution < -0.4 is 5.32 Å². The summed E-state index contributed by atoms with van der Waals surface area (Å²) in [6.07, 6.45) is 8.52. The minimum absolute atomic E-state index is 0.0710. The molecule has 2 amide bonds. The van der Waals surface area contributed by atoms with Crippen molar-refractivity contribution >= 4 is 35.0 Å². The Hall–Kier alpha value is -0.520. The first-order valence-corrected chi connectivity index (χ1v) is 11.5. The molecule has 1 aliphatic heterocycles. The fourth-order valence-electron chi connectivity index (χ4n) is 4.65. The summed E-state index contributed by atoms with van der Waals surface area (Å²) in [6, 6.07) is 0.639. The van der Waals surface area contributed by atoms with Gasteiger partial charge in [-0.25, -0.2) is 0 Å². The van der Waals surface area contributed by atoms with Crippen LogP contribution in [0.4, 0.5) is 0 Å². The average molecular weight is 418 g/mol. The number of amides is 2. The average Bonchev–Trinajstić information content (AvgIpc) is 2.69. The molecule has 1 heterocycles. The maximum Gasteiger partial charge on any atom is 0.224 e. The number of carbonyl (C=O) groups excluding carboxylic acids is 2. The lowest BCUT2D eigenvalue weighted by atomic mass is 9.88. The third-order valence-electron chi connectivity index (χ3n) is 6.48. The molecular weight excluding hydrogens is 385 g/mol. The second-order valence-corrected chi connectivity index (χ2v) is 9.55. The summed E-state index contributed by atoms with van der Waals surface area (Å²) in [5, 5.41) is 3.52. The van der Waals surface area contributed by atoms with Gasteiger partial charge < -0.3 is 10.2 Å². The third-order valence-corrected chi connectivity index (χ3v) is 7.35. The van der Waals surface area contributed by atoms with Crippen LogP contribution in [0.1, 0.15) is 57.8 Å². The van der Waals surface area contributed by atoms with Gasteiger partial charge >= 0.3 is 0 Å². The van der Waals surface area contributed by atoms with E-state index in [9.17, 15) is 9.59 Å². The molecule has 154 valence electrons. The predicted octanol–water partition coefficient (Wildman–Crippen LogP) is 2.98. The smallest absolute Gasteiger partial charge is 0.224 e. The summed E-state index contributed by atoms with van der Waals surface area (Å²) in [4.78, 5) is 29.1. The van der Waals surface area contributed by atoms with Crippen molar-refractivity contribution in [2.24, 2.45) is 5.92 Å². The van der Waals surface area contributed by atoms with Gasteiger partial charge in [-0.2, -0.15) is 0 Å². The number of alkyl halides is 2. The number of nitrogens with zero attached hydrogens (tertiary/aromatic N) is 2. The molecule has 0 aromatic heterocycles. The van der Waals surface area contributed by atoms with E-state index in [0.717, 1.165) is 64.7 Å². The lowest BCUT2D eigenvalue weighted by Gasteiger charge is -2.41. The molecular formula is C20H33Cl2N3O2. The molecule has 27 heavy (non-hydrogen) atoms. The molecule has 2 saturated carbocycles. The van der Waals surface area contributed by atoms with Crippen molar-refractivity contribution in [2.45, 2.75) is 74.6 Å². The number of carbonyl (C=O) groups is 2. The molecule has 0 bridgehead atoms. The van der Waals surface area contributed by atoms with E-state index in [1.54, 1.807) is 0 Å². The van der Waals surface area contributed by atoms with Crippen LogP contribution in [0.3, 0.4) is 0 Å². The maximum atomic E-state index is 12.4. The molecule has 1 saturated heterocycles. The fraction of sp³-hybridized carbons (Fsp3) is 0.900. The van der Waals surface area contributed by atoms with Crippen LogP contribution in [0.15, 0.2) is 0 Å². The highest BCUT2D eigenvalue weighted by Gasteiger charge is 2.29. The van der Waals surface area contributed by atoms with Crippen LogP contribution in [-0.2, 0) is 9.59 Å². The second-order valence-electron chi connectivity index (χ2n) is 8.31. The summed E-state index contributed by atoms with van der Waals surface area (Å²) < 4.78 is 0. The Balaban J connectivity index is 1.31. The largest absolute Gasteiger partial charge is 0.355 e. The number of rotatable bonds is 5. The van der Waals surface area contributed by atoms with Gasteiger partial charge in [-0.05, 0) is 51.4 Å². The van der Waals surface area contributed by atoms with E-state index in [1.807, 2.05) is 4.90 Å². The Morgan fingerprint density at radius 3 is 1.96 bits per heavy atom. The summed E-state index contributed by atoms with van der Waals surface area (Å²) in [6.45, 7) is 3.95. The minimum atomic E-state index is 0.0710. The van der Waals surface area contributed by atoms with Gasteiger partial charge in [0.25, 0.3) is 0 Å². The molecule has 3 rings (SSSR count). The van der Waals surface area contributed by atoms with Crippen molar-refractivity contribution < 1.29 is 9.59 Å². The number of piperazine rings is 1. The molecule has 0 atom stereocenters. The van der Waals surface area contributed by atoms with Crippen molar-refractivity contribution in [2.75, 3.05) is 32.7 Å². The zero-order valence-corrected chi connectivity index (χ0v) is 17.7. The number of halogens is 2. The van der Waals surface area contributed by atoms with Crippen LogP contribution in [-0.4, -0.2) is 71.1 Å². The summed E-state index contributed by atoms with van der Waals surface area (Å²) in [7, 11) is 0. The van der Waals surface area contributed by atoms with Gasteiger partial charge in [0, 0.05) is 61.9 Å². The van der Waals surface area contributed by atoms with Crippen molar-refractivity contribution in [1.82, 2.24) is 15.1 Å². The van der Waals surface area contributed by atoms with Gasteiger partial charge in [0.05, 0.1) is 0 Å². The summed E-state index contributed by atoms with van der Waals surface area (Å²) in [5.74, 6) is 0.316. The summed E-state index contributed by atoms with van der Waals surface area (Å²) >= 11 is 12.3. The molecule has 0 aromatic rings. The Labute approximate surface area is 173 Å². The highest BCUT2D eigenvalue weighted by Crippen LogP contribution is 2.28. The van der Waals surface area contributed by atoms with E-state index in [4.69, 9.17) is 23.2 Å². The normalized spacial score (nSPS) is 32.9. The molecule has 5 nitrogen and oxygen atoms in total. The van der Waals surface area contributed by atoms with E-state index in [1.165, 1.54) is 12.8 Å². The van der Waals surface area contributed by atoms with Gasteiger partial charge in [-0.1, -0.05) is 0 Å². The van der Waals surface area contributed by atoms with Crippen LogP contribution >= 0.6 is 23.2 Å². The molecule has 0 spiro atoms. The zero-order chi connectivity index (χ0) is 19.2. The Bertz CT molecular complexity index is 495. The van der Waals surface area contributed by atoms with Crippen LogP contribution in [0.5, 0.6) is 0 Å². The quantitative estimate of drug-likeness (QED) is 0.699. The van der Waals surface area contributed by atoms with Crippen LogP contribution in [0.25, 0.3) is 0 Å². The number of hydrogen-bond donors (Lipinski definition) is 1. The molecule has 2 aliphatic carbocycles. The Kier molecular flexibility index (Phi) is 8.10. The van der Waals surface area contributed by atoms with Crippen molar-refractivity contribution in [3.63, 3.8) is 0 Å². The van der Waals surface area contributed by atoms with Crippen LogP contribution in [0.2, 0.25) is 0 Å². The van der Waals surface area contributed by atoms with Crippen molar-refractivity contribution in [3.05, 3.63) is 0 Å². The van der Waals surface area contributed by atoms with E-state index >= 15 is 0 Å². The van der Waals surface area contributed by atoms with Crippen LogP contribution in [0, 0.1) is 5.92 Å². The minimum Gasteiger partial charge on any atom is -0.355 e. The topological polar surface area (TPSA) is 52.7 Å². The first kappa shape index (κ1) is 21.2. The zero-order valence-electron chi connectivity index (χ0n) is 16.2. The highest BCUT2D eigenvalue weighted by molar-refractivity contribution is 6.20. The number of hydrogen-bond acceptors (Lipinski definition) is 3. The molecule has 0 radical (unpaired) electrons. The molecule has 7 heteroatoms. The van der Waals surface area contributed by atoms with Crippen molar-refractivity contribution in [1.29, 1.82) is 0 Å². The molecule has 3 aliphatic rings. The monoisotopic (exact) mass is 417 g/mol. The van der Waals surface area contributed by atoms with E-state index in [2.05, 4.69) is 10.2 Å². The van der Waals surface area contributed by atoms with Gasteiger partial charge in [0.15, 0.2) is 0 Å². The van der Waals surface area contributed by atoms with Gasteiger partial charge in [-0.3, -0.25) is 14.5 Å². The maximum absolute atomic E-state index is 12.4. The second kappa shape index (κ2) is 10.3. The van der Waals surface area contributed by atoms with Gasteiger partial charge in [0.1, 0.15) is 0 Å². The van der Waals surface area contributed by atoms with E-state index < -0.39 is 0 Å². The van der Waals surface area contributed by atoms with E-state index in [0.29, 0.717) is 24.4 Å². The Morgan fingerprint density at radius 1 is 0.815 bits per heavy atom. The lowest BCUT2D eigenvalue weighted by Crippen LogP contribution is -2.53. The number of nitrogens with one attached hydrogen (secondary N) is 1. The SMILES string of the molecule is O=C(NCCC(=O)N1CCN(C2CCC(Cl)CC2)CC1)C1CCC(Cl)CC1. The van der Waals surface area contributed by atoms with Gasteiger partial charge in [0.2, 0.25) is 11.8 Å². The molecule has 0 unspecified atom stereocenters. The highest BCUT2D eigenvalue weighted by atomic mass is 35.5. The first-order chi connectivity index (χ1) is 13.0. The third kappa shape index (κ3) is 6.23. The predicted molar refractivity (Wildman–Crippen MR) is 109 cm³/mol. The standard InChI is InChI=1S/C20H33Cl2N3O2/c21-16-3-1-15(2-4-16)20(27)23-10-9-19(26)25-13-11-24(12-14-25)18-7-5-17(22)6-8-18/h15-18H,1-14H2,(H,23,27). The summed E-state index contributed by atoms with van der Waals surface area (Å²) in [5.41, 5.74) is 0. The lowest BCUT2D eigenvalue weighted by molar-refractivity contribution is -0.133. The first-order valence-electron chi connectivity index (χ1n) is 10.6. The fourth-order valence-corrected chi connectivity index (χ4v) is 5.15. The molecule has 3 fully saturated rings. The van der Waals surface area contributed by atoms with Gasteiger partial charge in [-0.15, -0.1) is 23.2 Å². The molecule has 1 N–H and O–H groups in total. The van der Waals surface area contributed by atoms with Crippen molar-refractivity contribution in [3.8, 4) is 0 Å². The Morgan fingerprint density at radius 2 is 1.37 bits per heavy atom.